The number of hydrogen-bond acceptors (Lipinski definition) is 6. The third kappa shape index (κ3) is 4.07. The summed E-state index contributed by atoms with van der Waals surface area (Å²) in [5, 5.41) is 2.87. The molecule has 1 amide bonds. The van der Waals surface area contributed by atoms with E-state index < -0.39 is 21.3 Å². The lowest BCUT2D eigenvalue weighted by atomic mass is 10.2. The summed E-state index contributed by atoms with van der Waals surface area (Å²) in [6, 6.07) is 6.96. The van der Waals surface area contributed by atoms with Crippen LogP contribution in [0.25, 0.3) is 11.2 Å². The van der Waals surface area contributed by atoms with Crippen molar-refractivity contribution in [3.8, 4) is 0 Å². The normalized spacial score (nSPS) is 13.4. The highest BCUT2D eigenvalue weighted by molar-refractivity contribution is 7.92. The second-order valence-electron chi connectivity index (χ2n) is 6.26. The summed E-state index contributed by atoms with van der Waals surface area (Å²) in [6.07, 6.45) is 0.504. The van der Waals surface area contributed by atoms with Gasteiger partial charge in [0.1, 0.15) is 15.2 Å². The molecule has 3 rings (SSSR count). The Bertz CT molecular complexity index is 1200. The number of aromatic nitrogens is 4. The zero-order valence-corrected chi connectivity index (χ0v) is 16.9. The van der Waals surface area contributed by atoms with E-state index in [4.69, 9.17) is 16.4 Å². The number of anilines is 1. The van der Waals surface area contributed by atoms with Gasteiger partial charge in [0, 0.05) is 17.7 Å². The molecule has 0 aliphatic carbocycles. The lowest BCUT2D eigenvalue weighted by molar-refractivity contribution is -0.114. The summed E-state index contributed by atoms with van der Waals surface area (Å²) in [6.45, 7) is 3.27. The van der Waals surface area contributed by atoms with E-state index >= 15 is 0 Å². The van der Waals surface area contributed by atoms with E-state index in [0.29, 0.717) is 11.4 Å². The number of halogens is 1. The Hall–Kier alpha value is -2.72. The van der Waals surface area contributed by atoms with Crippen LogP contribution in [0.15, 0.2) is 34.2 Å². The first-order valence-corrected chi connectivity index (χ1v) is 10.6. The fourth-order valence-electron chi connectivity index (χ4n) is 2.71. The minimum absolute atomic E-state index is 0.0236. The summed E-state index contributed by atoms with van der Waals surface area (Å²) in [7, 11) is -3.27. The first-order valence-electron chi connectivity index (χ1n) is 8.50. The maximum atomic E-state index is 12.7. The van der Waals surface area contributed by atoms with Gasteiger partial charge < -0.3 is 10.3 Å². The molecule has 2 aromatic heterocycles. The summed E-state index contributed by atoms with van der Waals surface area (Å²) in [5.74, 6) is -0.316. The molecule has 28 heavy (non-hydrogen) atoms. The number of nitrogens with zero attached hydrogens (tertiary/aromatic N) is 3. The smallest absolute Gasteiger partial charge is 0.309 e. The lowest BCUT2D eigenvalue weighted by Crippen LogP contribution is -2.18. The molecule has 0 fully saturated rings. The Balaban J connectivity index is 2.22. The van der Waals surface area contributed by atoms with Crippen LogP contribution in [0.5, 0.6) is 0 Å². The van der Waals surface area contributed by atoms with Crippen LogP contribution in [-0.2, 0) is 21.1 Å². The van der Waals surface area contributed by atoms with Gasteiger partial charge in [-0.05, 0) is 24.1 Å². The third-order valence-corrected chi connectivity index (χ3v) is 5.94. The number of carbonyl (C=O) groups excluding carboxylic acids is 1. The van der Waals surface area contributed by atoms with Crippen molar-refractivity contribution in [3.05, 3.63) is 45.3 Å². The molecule has 3 aromatic rings. The van der Waals surface area contributed by atoms with Crippen molar-refractivity contribution in [1.29, 1.82) is 4.78 Å². The van der Waals surface area contributed by atoms with Crippen molar-refractivity contribution in [3.63, 3.8) is 0 Å². The summed E-state index contributed by atoms with van der Waals surface area (Å²) in [5.41, 5.74) is 0.721. The number of amides is 1. The average molecular weight is 423 g/mol. The van der Waals surface area contributed by atoms with Crippen LogP contribution in [0.4, 0.5) is 5.82 Å². The number of nitrogens with one attached hydrogen (secondary N) is 3. The van der Waals surface area contributed by atoms with E-state index in [1.54, 1.807) is 31.2 Å². The van der Waals surface area contributed by atoms with Gasteiger partial charge in [-0.25, -0.2) is 13.8 Å². The highest BCUT2D eigenvalue weighted by atomic mass is 35.5. The van der Waals surface area contributed by atoms with Crippen molar-refractivity contribution >= 4 is 44.2 Å². The van der Waals surface area contributed by atoms with Crippen molar-refractivity contribution in [2.75, 3.05) is 11.1 Å². The average Bonchev–Trinajstić information content (AvgIpc) is 2.92. The van der Waals surface area contributed by atoms with Gasteiger partial charge in [0.2, 0.25) is 11.1 Å². The predicted molar refractivity (Wildman–Crippen MR) is 107 cm³/mol. The summed E-state index contributed by atoms with van der Waals surface area (Å²) >= 11 is 5.90. The van der Waals surface area contributed by atoms with E-state index in [0.717, 1.165) is 5.56 Å². The van der Waals surface area contributed by atoms with Gasteiger partial charge in [0.15, 0.2) is 11.5 Å². The quantitative estimate of drug-likeness (QED) is 0.525. The molecule has 0 saturated heterocycles. The van der Waals surface area contributed by atoms with E-state index in [1.165, 1.54) is 11.5 Å². The SMILES string of the molecule is CCCS(=N)(=O)c1nc(NC(C)=O)c2[nH]c(=O)n(Cc3ccc(Cl)cc3)c2n1. The highest BCUT2D eigenvalue weighted by Gasteiger charge is 2.21. The Labute approximate surface area is 166 Å². The maximum Gasteiger partial charge on any atom is 0.328 e. The molecule has 2 heterocycles. The molecule has 148 valence electrons. The van der Waals surface area contributed by atoms with E-state index in [9.17, 15) is 13.8 Å². The van der Waals surface area contributed by atoms with Gasteiger partial charge in [-0.2, -0.15) is 9.97 Å². The molecule has 3 N–H and O–H groups in total. The first kappa shape index (κ1) is 20.0. The zero-order chi connectivity index (χ0) is 20.5. The lowest BCUT2D eigenvalue weighted by Gasteiger charge is -2.10. The minimum atomic E-state index is -3.27. The van der Waals surface area contributed by atoms with Crippen LogP contribution in [0.1, 0.15) is 25.8 Å². The second-order valence-corrected chi connectivity index (χ2v) is 8.82. The van der Waals surface area contributed by atoms with Crippen LogP contribution in [0.3, 0.4) is 0 Å². The molecule has 9 nitrogen and oxygen atoms in total. The zero-order valence-electron chi connectivity index (χ0n) is 15.3. The molecular formula is C17H19ClN6O3S. The van der Waals surface area contributed by atoms with Crippen molar-refractivity contribution in [1.82, 2.24) is 19.5 Å². The summed E-state index contributed by atoms with van der Waals surface area (Å²) in [4.78, 5) is 35.1. The van der Waals surface area contributed by atoms with E-state index in [2.05, 4.69) is 20.3 Å². The van der Waals surface area contributed by atoms with E-state index in [-0.39, 0.29) is 34.4 Å². The van der Waals surface area contributed by atoms with Gasteiger partial charge in [-0.3, -0.25) is 9.36 Å². The molecule has 1 unspecified atom stereocenters. The molecule has 0 aliphatic rings. The summed E-state index contributed by atoms with van der Waals surface area (Å²) < 4.78 is 22.2. The van der Waals surface area contributed by atoms with Crippen LogP contribution < -0.4 is 11.0 Å². The van der Waals surface area contributed by atoms with Crippen molar-refractivity contribution in [2.24, 2.45) is 0 Å². The van der Waals surface area contributed by atoms with Crippen LogP contribution in [0.2, 0.25) is 5.02 Å². The molecule has 1 aromatic carbocycles. The molecule has 0 bridgehead atoms. The standard InChI is InChI=1S/C17H19ClN6O3S/c1-3-8-28(19,27)16-22-14(20-10(2)25)13-15(23-16)24(17(26)21-13)9-11-4-6-12(18)7-5-11/h4-7,19H,3,8-9H2,1-2H3,(H,21,26)(H,20,22,23,25). The fraction of sp³-hybridized carbons (Fsp3) is 0.294. The number of benzene rings is 1. The number of rotatable bonds is 6. The van der Waals surface area contributed by atoms with Crippen LogP contribution in [-0.4, -0.2) is 35.4 Å². The molecule has 1 atom stereocenters. The number of carbonyl (C=O) groups is 1. The van der Waals surface area contributed by atoms with Gasteiger partial charge >= 0.3 is 5.69 Å². The molecule has 0 spiro atoms. The van der Waals surface area contributed by atoms with Gasteiger partial charge in [-0.1, -0.05) is 30.7 Å². The van der Waals surface area contributed by atoms with Crippen molar-refractivity contribution < 1.29 is 9.00 Å². The second kappa shape index (κ2) is 7.72. The third-order valence-electron chi connectivity index (χ3n) is 3.94. The van der Waals surface area contributed by atoms with Crippen LogP contribution >= 0.6 is 11.6 Å². The molecule has 0 radical (unpaired) electrons. The highest BCUT2D eigenvalue weighted by Crippen LogP contribution is 2.21. The van der Waals surface area contributed by atoms with E-state index in [1.807, 2.05) is 0 Å². The molecule has 11 heteroatoms. The Morgan fingerprint density at radius 3 is 2.61 bits per heavy atom. The number of hydrogen-bond donors (Lipinski definition) is 3. The monoisotopic (exact) mass is 422 g/mol. The number of fused-ring (bicyclic) bond motifs is 1. The topological polar surface area (TPSA) is 134 Å². The predicted octanol–water partition coefficient (Wildman–Crippen LogP) is 2.60. The number of aromatic amines is 1. The van der Waals surface area contributed by atoms with Gasteiger partial charge in [0.05, 0.1) is 6.54 Å². The fourth-order valence-corrected chi connectivity index (χ4v) is 4.07. The number of H-pyrrole nitrogens is 1. The molecule has 0 saturated carbocycles. The minimum Gasteiger partial charge on any atom is -0.309 e. The van der Waals surface area contributed by atoms with Crippen LogP contribution in [0, 0.1) is 4.78 Å². The van der Waals surface area contributed by atoms with Gasteiger partial charge in [0.25, 0.3) is 0 Å². The maximum absolute atomic E-state index is 12.7. The first-order chi connectivity index (χ1) is 13.2. The van der Waals surface area contributed by atoms with Crippen molar-refractivity contribution in [2.45, 2.75) is 32.0 Å². The van der Waals surface area contributed by atoms with Gasteiger partial charge in [-0.15, -0.1) is 0 Å². The molecule has 0 aliphatic heterocycles. The number of imidazole rings is 1. The largest absolute Gasteiger partial charge is 0.328 e. The Morgan fingerprint density at radius 1 is 1.32 bits per heavy atom. The molecular weight excluding hydrogens is 404 g/mol. The Morgan fingerprint density at radius 2 is 2.00 bits per heavy atom. The Kier molecular flexibility index (Phi) is 5.52.